The van der Waals surface area contributed by atoms with E-state index in [4.69, 9.17) is 0 Å². The van der Waals surface area contributed by atoms with Gasteiger partial charge in [0, 0.05) is 24.8 Å². The second kappa shape index (κ2) is 9.51. The van der Waals surface area contributed by atoms with E-state index >= 15 is 0 Å². The van der Waals surface area contributed by atoms with Crippen molar-refractivity contribution in [3.63, 3.8) is 0 Å². The van der Waals surface area contributed by atoms with Crippen LogP contribution in [0.25, 0.3) is 11.0 Å². The third-order valence-corrected chi connectivity index (χ3v) is 5.42. The van der Waals surface area contributed by atoms with Crippen LogP contribution in [0.2, 0.25) is 0 Å². The van der Waals surface area contributed by atoms with Crippen molar-refractivity contribution in [1.82, 2.24) is 19.4 Å². The minimum absolute atomic E-state index is 0.0227. The number of rotatable bonds is 7. The second-order valence-corrected chi connectivity index (χ2v) is 9.22. The highest BCUT2D eigenvalue weighted by molar-refractivity contribution is 6.05. The molecule has 0 aliphatic heterocycles. The molecule has 0 saturated carbocycles. The number of benzene rings is 1. The van der Waals surface area contributed by atoms with E-state index in [2.05, 4.69) is 9.97 Å². The number of H-pyrrole nitrogens is 1. The molecule has 0 saturated heterocycles. The van der Waals surface area contributed by atoms with Crippen LogP contribution >= 0.6 is 0 Å². The van der Waals surface area contributed by atoms with E-state index in [9.17, 15) is 14.4 Å². The highest BCUT2D eigenvalue weighted by Gasteiger charge is 2.26. The lowest BCUT2D eigenvalue weighted by molar-refractivity contribution is 0.0692. The highest BCUT2D eigenvalue weighted by Crippen LogP contribution is 2.23. The van der Waals surface area contributed by atoms with E-state index in [0.29, 0.717) is 18.8 Å². The molecular formula is C25H32N4O3. The van der Waals surface area contributed by atoms with Gasteiger partial charge in [-0.05, 0) is 37.3 Å². The van der Waals surface area contributed by atoms with Gasteiger partial charge in [0.1, 0.15) is 0 Å². The summed E-state index contributed by atoms with van der Waals surface area (Å²) in [6.07, 6.45) is 0. The van der Waals surface area contributed by atoms with Crippen LogP contribution in [0, 0.1) is 5.92 Å². The number of amides is 1. The van der Waals surface area contributed by atoms with Crippen molar-refractivity contribution < 1.29 is 4.79 Å². The number of carbonyl (C=O) groups excluding carboxylic acids is 1. The summed E-state index contributed by atoms with van der Waals surface area (Å²) in [5.74, 6) is -0.0661. The first-order valence-corrected chi connectivity index (χ1v) is 11.1. The first kappa shape index (κ1) is 23.4. The Kier molecular flexibility index (Phi) is 6.96. The lowest BCUT2D eigenvalue weighted by Gasteiger charge is -2.28. The Morgan fingerprint density at radius 2 is 1.72 bits per heavy atom. The number of nitrogens with zero attached hydrogens (tertiary/aromatic N) is 3. The molecule has 0 aliphatic rings. The molecule has 3 rings (SSSR count). The largest absolute Gasteiger partial charge is 0.332 e. The van der Waals surface area contributed by atoms with E-state index in [1.165, 1.54) is 4.57 Å². The van der Waals surface area contributed by atoms with Crippen molar-refractivity contribution in [3.8, 4) is 0 Å². The third-order valence-electron chi connectivity index (χ3n) is 5.42. The molecule has 0 fully saturated rings. The molecule has 0 atom stereocenters. The average Bonchev–Trinajstić information content (AvgIpc) is 2.73. The summed E-state index contributed by atoms with van der Waals surface area (Å²) in [5.41, 5.74) is 1.13. The van der Waals surface area contributed by atoms with E-state index in [-0.39, 0.29) is 40.4 Å². The fourth-order valence-corrected chi connectivity index (χ4v) is 3.72. The van der Waals surface area contributed by atoms with Crippen LogP contribution in [0.1, 0.15) is 69.1 Å². The number of hydrogen-bond donors (Lipinski definition) is 1. The monoisotopic (exact) mass is 436 g/mol. The van der Waals surface area contributed by atoms with Crippen molar-refractivity contribution in [2.45, 2.75) is 66.6 Å². The van der Waals surface area contributed by atoms with Crippen molar-refractivity contribution in [3.05, 3.63) is 74.1 Å². The molecule has 0 bridgehead atoms. The number of fused-ring (bicyclic) bond motifs is 1. The Labute approximate surface area is 188 Å². The first-order chi connectivity index (χ1) is 15.1. The highest BCUT2D eigenvalue weighted by atomic mass is 16.2. The molecule has 2 aromatic heterocycles. The summed E-state index contributed by atoms with van der Waals surface area (Å²) in [6.45, 7) is 12.6. The molecule has 1 amide bonds. The number of aromatic nitrogens is 3. The lowest BCUT2D eigenvalue weighted by atomic mass is 10.0. The van der Waals surface area contributed by atoms with E-state index in [1.807, 2.05) is 71.9 Å². The SMILES string of the molecule is CC(C)Cn1c(=O)[nH]c(=O)c2c(C(=O)N(Cc3ccccc3)C(C)C)cc(C(C)C)nc21. The van der Waals surface area contributed by atoms with Gasteiger partial charge in [0.25, 0.3) is 11.5 Å². The van der Waals surface area contributed by atoms with E-state index in [1.54, 1.807) is 11.0 Å². The maximum absolute atomic E-state index is 13.8. The number of hydrogen-bond acceptors (Lipinski definition) is 4. The van der Waals surface area contributed by atoms with Crippen molar-refractivity contribution in [1.29, 1.82) is 0 Å². The zero-order valence-corrected chi connectivity index (χ0v) is 19.7. The van der Waals surface area contributed by atoms with Crippen LogP contribution in [-0.4, -0.2) is 31.4 Å². The molecule has 3 aromatic rings. The van der Waals surface area contributed by atoms with Crippen molar-refractivity contribution in [2.75, 3.05) is 0 Å². The van der Waals surface area contributed by atoms with Crippen LogP contribution in [0.3, 0.4) is 0 Å². The average molecular weight is 437 g/mol. The fraction of sp³-hybridized carbons (Fsp3) is 0.440. The van der Waals surface area contributed by atoms with Gasteiger partial charge >= 0.3 is 5.69 Å². The maximum atomic E-state index is 13.8. The van der Waals surface area contributed by atoms with Gasteiger partial charge in [-0.2, -0.15) is 0 Å². The molecule has 170 valence electrons. The van der Waals surface area contributed by atoms with Crippen LogP contribution in [0.5, 0.6) is 0 Å². The second-order valence-electron chi connectivity index (χ2n) is 9.22. The molecule has 1 aromatic carbocycles. The zero-order chi connectivity index (χ0) is 23.6. The van der Waals surface area contributed by atoms with Gasteiger partial charge in [-0.25, -0.2) is 9.78 Å². The van der Waals surface area contributed by atoms with Crippen molar-refractivity contribution >= 4 is 16.9 Å². The van der Waals surface area contributed by atoms with Gasteiger partial charge in [0.05, 0.1) is 10.9 Å². The molecule has 0 spiro atoms. The third kappa shape index (κ3) is 4.82. The fourth-order valence-electron chi connectivity index (χ4n) is 3.72. The number of pyridine rings is 1. The molecule has 2 heterocycles. The standard InChI is InChI=1S/C25H32N4O3/c1-15(2)13-29-22-21(23(30)27-25(29)32)19(12-20(26-22)16(3)4)24(31)28(17(5)6)14-18-10-8-7-9-11-18/h7-12,15-17H,13-14H2,1-6H3,(H,27,30,32). The van der Waals surface area contributed by atoms with E-state index < -0.39 is 11.2 Å². The Morgan fingerprint density at radius 1 is 1.06 bits per heavy atom. The summed E-state index contributed by atoms with van der Waals surface area (Å²) in [7, 11) is 0. The minimum atomic E-state index is -0.584. The lowest BCUT2D eigenvalue weighted by Crippen LogP contribution is -2.38. The Bertz CT molecular complexity index is 1220. The minimum Gasteiger partial charge on any atom is -0.332 e. The molecule has 1 N–H and O–H groups in total. The summed E-state index contributed by atoms with van der Waals surface area (Å²) in [6, 6.07) is 11.4. The molecular weight excluding hydrogens is 404 g/mol. The summed E-state index contributed by atoms with van der Waals surface area (Å²) in [4.78, 5) is 48.1. The van der Waals surface area contributed by atoms with Gasteiger partial charge in [-0.1, -0.05) is 58.0 Å². The predicted molar refractivity (Wildman–Crippen MR) is 127 cm³/mol. The Morgan fingerprint density at radius 3 is 2.28 bits per heavy atom. The molecule has 0 aliphatic carbocycles. The smallest absolute Gasteiger partial charge is 0.330 e. The molecule has 0 unspecified atom stereocenters. The Balaban J connectivity index is 2.27. The van der Waals surface area contributed by atoms with Crippen LogP contribution in [0.4, 0.5) is 0 Å². The molecule has 32 heavy (non-hydrogen) atoms. The number of aromatic amines is 1. The van der Waals surface area contributed by atoms with Gasteiger partial charge in [-0.15, -0.1) is 0 Å². The summed E-state index contributed by atoms with van der Waals surface area (Å²) < 4.78 is 1.47. The normalized spacial score (nSPS) is 11.7. The maximum Gasteiger partial charge on any atom is 0.330 e. The first-order valence-electron chi connectivity index (χ1n) is 11.1. The summed E-state index contributed by atoms with van der Waals surface area (Å²) >= 11 is 0. The van der Waals surface area contributed by atoms with Gasteiger partial charge < -0.3 is 4.90 Å². The quantitative estimate of drug-likeness (QED) is 0.608. The zero-order valence-electron chi connectivity index (χ0n) is 19.7. The van der Waals surface area contributed by atoms with Crippen LogP contribution < -0.4 is 11.2 Å². The number of carbonyl (C=O) groups is 1. The molecule has 0 radical (unpaired) electrons. The van der Waals surface area contributed by atoms with Gasteiger partial charge in [-0.3, -0.25) is 19.1 Å². The van der Waals surface area contributed by atoms with Crippen LogP contribution in [-0.2, 0) is 13.1 Å². The topological polar surface area (TPSA) is 88.1 Å². The molecule has 7 nitrogen and oxygen atoms in total. The summed E-state index contributed by atoms with van der Waals surface area (Å²) in [5, 5.41) is 0.165. The van der Waals surface area contributed by atoms with Gasteiger partial charge in [0.2, 0.25) is 0 Å². The van der Waals surface area contributed by atoms with Crippen LogP contribution in [0.15, 0.2) is 46.0 Å². The Hall–Kier alpha value is -3.22. The van der Waals surface area contributed by atoms with Crippen molar-refractivity contribution in [2.24, 2.45) is 5.92 Å². The van der Waals surface area contributed by atoms with Gasteiger partial charge in [0.15, 0.2) is 5.65 Å². The number of nitrogens with one attached hydrogen (secondary N) is 1. The molecule has 7 heteroatoms. The predicted octanol–water partition coefficient (Wildman–Crippen LogP) is 3.92. The van der Waals surface area contributed by atoms with E-state index in [0.717, 1.165) is 5.56 Å².